The second kappa shape index (κ2) is 5.59. The number of nitrogens with zero attached hydrogens (tertiary/aromatic N) is 2. The van der Waals surface area contributed by atoms with E-state index >= 15 is 0 Å². The molecule has 7 heteroatoms. The average Bonchev–Trinajstić information content (AvgIpc) is 3.35. The number of rotatable bonds is 2. The van der Waals surface area contributed by atoms with Gasteiger partial charge >= 0.3 is 0 Å². The second-order valence-electron chi connectivity index (χ2n) is 7.31. The molecule has 2 N–H and O–H groups in total. The van der Waals surface area contributed by atoms with Crippen molar-refractivity contribution in [3.05, 3.63) is 41.2 Å². The van der Waals surface area contributed by atoms with E-state index < -0.39 is 6.04 Å². The molecule has 1 aliphatic heterocycles. The maximum atomic E-state index is 12.8. The molecule has 0 spiro atoms. The SMILES string of the molecule is CN1C(=O)[C@@H](NC(=O)c2n[nH]c3c2C2CC2CC3)COc2ccccc21. The van der Waals surface area contributed by atoms with Gasteiger partial charge in [0.25, 0.3) is 11.8 Å². The lowest BCUT2D eigenvalue weighted by molar-refractivity contribution is -0.120. The third-order valence-corrected chi connectivity index (χ3v) is 5.72. The highest BCUT2D eigenvalue weighted by molar-refractivity contribution is 6.03. The topological polar surface area (TPSA) is 87.3 Å². The van der Waals surface area contributed by atoms with E-state index in [4.69, 9.17) is 4.74 Å². The van der Waals surface area contributed by atoms with Gasteiger partial charge in [0.15, 0.2) is 5.69 Å². The number of H-pyrrole nitrogens is 1. The number of aromatic nitrogens is 2. The number of carbonyl (C=O) groups is 2. The number of ether oxygens (including phenoxy) is 1. The summed E-state index contributed by atoms with van der Waals surface area (Å²) >= 11 is 0. The van der Waals surface area contributed by atoms with Crippen LogP contribution in [0.3, 0.4) is 0 Å². The Labute approximate surface area is 150 Å². The van der Waals surface area contributed by atoms with Crippen molar-refractivity contribution in [1.82, 2.24) is 15.5 Å². The summed E-state index contributed by atoms with van der Waals surface area (Å²) < 4.78 is 5.76. The minimum absolute atomic E-state index is 0.102. The number of aryl methyl sites for hydroxylation is 1. The van der Waals surface area contributed by atoms with Gasteiger partial charge in [0, 0.05) is 18.3 Å². The Morgan fingerprint density at radius 1 is 1.38 bits per heavy atom. The largest absolute Gasteiger partial charge is 0.489 e. The molecule has 7 nitrogen and oxygen atoms in total. The van der Waals surface area contributed by atoms with Gasteiger partial charge in [0.2, 0.25) is 0 Å². The van der Waals surface area contributed by atoms with Crippen molar-refractivity contribution < 1.29 is 14.3 Å². The molecule has 2 aromatic rings. The number of fused-ring (bicyclic) bond motifs is 4. The van der Waals surface area contributed by atoms with Crippen molar-refractivity contribution in [2.24, 2.45) is 5.92 Å². The Morgan fingerprint density at radius 3 is 3.12 bits per heavy atom. The van der Waals surface area contributed by atoms with Gasteiger partial charge in [0.05, 0.1) is 5.69 Å². The first-order chi connectivity index (χ1) is 12.6. The number of para-hydroxylation sites is 2. The van der Waals surface area contributed by atoms with Crippen molar-refractivity contribution >= 4 is 17.5 Å². The van der Waals surface area contributed by atoms with Gasteiger partial charge in [-0.25, -0.2) is 0 Å². The van der Waals surface area contributed by atoms with Crippen LogP contribution in [0, 0.1) is 5.92 Å². The normalized spacial score (nSPS) is 26.1. The van der Waals surface area contributed by atoms with Crippen molar-refractivity contribution in [3.63, 3.8) is 0 Å². The Balaban J connectivity index is 1.38. The highest BCUT2D eigenvalue weighted by Gasteiger charge is 2.46. The standard InChI is InChI=1S/C19H20N4O3/c1-23-14-4-2-3-5-15(14)26-9-13(19(23)25)20-18(24)17-16-11-8-10(11)6-7-12(16)21-22-17/h2-5,10-11,13H,6-9H2,1H3,(H,20,24)(H,21,22)/t10?,11?,13-/m0/s1. The van der Waals surface area contributed by atoms with E-state index in [-0.39, 0.29) is 18.4 Å². The van der Waals surface area contributed by atoms with E-state index in [0.29, 0.717) is 29.0 Å². The molecule has 26 heavy (non-hydrogen) atoms. The number of nitrogens with one attached hydrogen (secondary N) is 2. The van der Waals surface area contributed by atoms with Crippen LogP contribution in [0.1, 0.15) is 40.5 Å². The summed E-state index contributed by atoms with van der Waals surface area (Å²) in [6, 6.07) is 6.62. The van der Waals surface area contributed by atoms with Crippen LogP contribution in [0.25, 0.3) is 0 Å². The zero-order valence-electron chi connectivity index (χ0n) is 14.5. The fraction of sp³-hybridized carbons (Fsp3) is 0.421. The second-order valence-corrected chi connectivity index (χ2v) is 7.31. The monoisotopic (exact) mass is 352 g/mol. The molecule has 3 aliphatic rings. The molecule has 5 rings (SSSR count). The number of carbonyl (C=O) groups excluding carboxylic acids is 2. The Kier molecular flexibility index (Phi) is 3.32. The van der Waals surface area contributed by atoms with Crippen LogP contribution < -0.4 is 15.0 Å². The van der Waals surface area contributed by atoms with Crippen LogP contribution in [0.2, 0.25) is 0 Å². The Morgan fingerprint density at radius 2 is 2.23 bits per heavy atom. The van der Waals surface area contributed by atoms with Crippen molar-refractivity contribution in [3.8, 4) is 5.75 Å². The first kappa shape index (κ1) is 15.4. The fourth-order valence-corrected chi connectivity index (χ4v) is 4.18. The van der Waals surface area contributed by atoms with E-state index in [0.717, 1.165) is 24.1 Å². The molecule has 2 unspecified atom stereocenters. The van der Waals surface area contributed by atoms with Crippen LogP contribution in [-0.2, 0) is 11.2 Å². The molecule has 1 saturated carbocycles. The van der Waals surface area contributed by atoms with Crippen LogP contribution in [0.15, 0.2) is 24.3 Å². The number of anilines is 1. The van der Waals surface area contributed by atoms with E-state index in [1.54, 1.807) is 7.05 Å². The maximum absolute atomic E-state index is 12.8. The van der Waals surface area contributed by atoms with Crippen molar-refractivity contribution in [2.75, 3.05) is 18.6 Å². The minimum atomic E-state index is -0.745. The zero-order valence-corrected chi connectivity index (χ0v) is 14.5. The third kappa shape index (κ3) is 2.30. The summed E-state index contributed by atoms with van der Waals surface area (Å²) in [5.41, 5.74) is 3.26. The van der Waals surface area contributed by atoms with E-state index in [1.165, 1.54) is 11.3 Å². The summed E-state index contributed by atoms with van der Waals surface area (Å²) in [4.78, 5) is 27.1. The summed E-state index contributed by atoms with van der Waals surface area (Å²) in [6.45, 7) is 0.102. The first-order valence-corrected chi connectivity index (χ1v) is 9.01. The minimum Gasteiger partial charge on any atom is -0.489 e. The zero-order chi connectivity index (χ0) is 17.8. The lowest BCUT2D eigenvalue weighted by Gasteiger charge is -2.20. The van der Waals surface area contributed by atoms with Crippen LogP contribution in [-0.4, -0.2) is 41.7 Å². The fourth-order valence-electron chi connectivity index (χ4n) is 4.18. The lowest BCUT2D eigenvalue weighted by Crippen LogP contribution is -2.49. The number of hydrogen-bond acceptors (Lipinski definition) is 4. The molecule has 3 atom stereocenters. The summed E-state index contributed by atoms with van der Waals surface area (Å²) in [5.74, 6) is 1.27. The predicted octanol–water partition coefficient (Wildman–Crippen LogP) is 1.61. The molecule has 1 aromatic heterocycles. The quantitative estimate of drug-likeness (QED) is 0.860. The summed E-state index contributed by atoms with van der Waals surface area (Å²) in [7, 11) is 1.69. The molecule has 134 valence electrons. The van der Waals surface area contributed by atoms with Gasteiger partial charge in [-0.2, -0.15) is 5.10 Å². The van der Waals surface area contributed by atoms with Gasteiger partial charge in [-0.3, -0.25) is 14.7 Å². The Bertz CT molecular complexity index is 906. The summed E-state index contributed by atoms with van der Waals surface area (Å²) in [5, 5.41) is 10.1. The van der Waals surface area contributed by atoms with E-state index in [1.807, 2.05) is 24.3 Å². The van der Waals surface area contributed by atoms with E-state index in [9.17, 15) is 9.59 Å². The van der Waals surface area contributed by atoms with Gasteiger partial charge < -0.3 is 15.0 Å². The van der Waals surface area contributed by atoms with Crippen LogP contribution >= 0.6 is 0 Å². The molecule has 2 aliphatic carbocycles. The van der Waals surface area contributed by atoms with Gasteiger partial charge in [-0.15, -0.1) is 0 Å². The molecule has 1 aromatic carbocycles. The number of likely N-dealkylation sites (N-methyl/N-ethyl adjacent to an activating group) is 1. The van der Waals surface area contributed by atoms with Crippen molar-refractivity contribution in [1.29, 1.82) is 0 Å². The predicted molar refractivity (Wildman–Crippen MR) is 94.4 cm³/mol. The number of aromatic amines is 1. The molecule has 2 amide bonds. The number of benzene rings is 1. The molecule has 1 fully saturated rings. The average molecular weight is 352 g/mol. The molecular weight excluding hydrogens is 332 g/mol. The highest BCUT2D eigenvalue weighted by Crippen LogP contribution is 2.54. The first-order valence-electron chi connectivity index (χ1n) is 9.01. The molecule has 0 radical (unpaired) electrons. The van der Waals surface area contributed by atoms with Gasteiger partial charge in [0.1, 0.15) is 18.4 Å². The van der Waals surface area contributed by atoms with Gasteiger partial charge in [-0.1, -0.05) is 12.1 Å². The summed E-state index contributed by atoms with van der Waals surface area (Å²) in [6.07, 6.45) is 3.25. The number of hydrogen-bond donors (Lipinski definition) is 2. The smallest absolute Gasteiger partial charge is 0.272 e. The lowest BCUT2D eigenvalue weighted by atomic mass is 9.95. The molecule has 0 bridgehead atoms. The van der Waals surface area contributed by atoms with Crippen LogP contribution in [0.4, 0.5) is 5.69 Å². The molecular formula is C19H20N4O3. The van der Waals surface area contributed by atoms with Crippen LogP contribution in [0.5, 0.6) is 5.75 Å². The van der Waals surface area contributed by atoms with Crippen molar-refractivity contribution in [2.45, 2.75) is 31.2 Å². The Hall–Kier alpha value is -2.83. The maximum Gasteiger partial charge on any atom is 0.272 e. The third-order valence-electron chi connectivity index (χ3n) is 5.72. The number of amides is 2. The van der Waals surface area contributed by atoms with Gasteiger partial charge in [-0.05, 0) is 43.2 Å². The highest BCUT2D eigenvalue weighted by atomic mass is 16.5. The molecule has 0 saturated heterocycles. The van der Waals surface area contributed by atoms with E-state index in [2.05, 4.69) is 15.5 Å². The molecule has 2 heterocycles.